The Morgan fingerprint density at radius 1 is 1.47 bits per heavy atom. The number of piperidine rings is 1. The maximum absolute atomic E-state index is 11.3. The number of rotatable bonds is 3. The molecule has 0 saturated carbocycles. The van der Waals surface area contributed by atoms with E-state index in [1.54, 1.807) is 11.0 Å². The fraction of sp³-hybridized carbons (Fsp3) is 0.455. The van der Waals surface area contributed by atoms with Crippen LogP contribution >= 0.6 is 0 Å². The molecule has 0 bridgehead atoms. The molecule has 1 aromatic rings. The molecule has 4 N–H and O–H groups in total. The maximum Gasteiger partial charge on any atom is 0.222 e. The summed E-state index contributed by atoms with van der Waals surface area (Å²) in [7, 11) is 1.82. The van der Waals surface area contributed by atoms with E-state index in [1.165, 1.54) is 0 Å². The molecule has 1 aromatic heterocycles. The van der Waals surface area contributed by atoms with E-state index in [1.807, 2.05) is 19.2 Å². The fourth-order valence-electron chi connectivity index (χ4n) is 1.93. The fourth-order valence-corrected chi connectivity index (χ4v) is 1.93. The first kappa shape index (κ1) is 11.7. The van der Waals surface area contributed by atoms with Gasteiger partial charge in [0.15, 0.2) is 0 Å². The number of hydrazine groups is 1. The molecule has 1 unspecified atom stereocenters. The Labute approximate surface area is 100 Å². The summed E-state index contributed by atoms with van der Waals surface area (Å²) in [6, 6.07) is 5.81. The van der Waals surface area contributed by atoms with Crippen LogP contribution in [0.25, 0.3) is 0 Å². The first-order valence-corrected chi connectivity index (χ1v) is 5.63. The van der Waals surface area contributed by atoms with Gasteiger partial charge in [0.1, 0.15) is 11.6 Å². The van der Waals surface area contributed by atoms with Crippen LogP contribution in [0.2, 0.25) is 0 Å². The van der Waals surface area contributed by atoms with Gasteiger partial charge in [0, 0.05) is 26.1 Å². The standard InChI is InChI=1S/C11H17N5O/c1-16-7-8(5-6-11(16)17)13-9-3-2-4-10(14-9)15-12/h2-4,8H,5-7,12H2,1H3,(H2,13,14,15). The minimum absolute atomic E-state index is 0.202. The molecule has 2 heterocycles. The molecule has 2 rings (SSSR count). The quantitative estimate of drug-likeness (QED) is 0.522. The van der Waals surface area contributed by atoms with Crippen molar-refractivity contribution in [2.24, 2.45) is 5.84 Å². The molecule has 1 saturated heterocycles. The van der Waals surface area contributed by atoms with Crippen molar-refractivity contribution in [2.75, 3.05) is 24.3 Å². The minimum atomic E-state index is 0.202. The van der Waals surface area contributed by atoms with Gasteiger partial charge >= 0.3 is 0 Å². The van der Waals surface area contributed by atoms with Crippen molar-refractivity contribution < 1.29 is 4.79 Å². The first-order chi connectivity index (χ1) is 8.19. The van der Waals surface area contributed by atoms with Crippen molar-refractivity contribution in [3.63, 3.8) is 0 Å². The Kier molecular flexibility index (Phi) is 3.43. The number of hydrogen-bond donors (Lipinski definition) is 3. The lowest BCUT2D eigenvalue weighted by molar-refractivity contribution is -0.132. The van der Waals surface area contributed by atoms with Crippen LogP contribution in [0.5, 0.6) is 0 Å². The summed E-state index contributed by atoms with van der Waals surface area (Å²) >= 11 is 0. The number of carbonyl (C=O) groups is 1. The molecule has 0 aliphatic carbocycles. The van der Waals surface area contributed by atoms with Crippen molar-refractivity contribution >= 4 is 17.5 Å². The van der Waals surface area contributed by atoms with Crippen molar-refractivity contribution in [1.82, 2.24) is 9.88 Å². The SMILES string of the molecule is CN1CC(Nc2cccc(NN)n2)CCC1=O. The summed E-state index contributed by atoms with van der Waals surface area (Å²) < 4.78 is 0. The number of aromatic nitrogens is 1. The second-order valence-electron chi connectivity index (χ2n) is 4.21. The Balaban J connectivity index is 1.98. The number of amides is 1. The van der Waals surface area contributed by atoms with Gasteiger partial charge in [-0.2, -0.15) is 0 Å². The van der Waals surface area contributed by atoms with E-state index >= 15 is 0 Å². The zero-order valence-electron chi connectivity index (χ0n) is 9.81. The summed E-state index contributed by atoms with van der Waals surface area (Å²) in [4.78, 5) is 17.4. The molecule has 1 aliphatic heterocycles. The number of nitrogens with two attached hydrogens (primary N) is 1. The van der Waals surface area contributed by atoms with Crippen molar-refractivity contribution in [1.29, 1.82) is 0 Å². The van der Waals surface area contributed by atoms with E-state index < -0.39 is 0 Å². The Bertz CT molecular complexity index is 409. The van der Waals surface area contributed by atoms with E-state index in [0.717, 1.165) is 12.2 Å². The number of nitrogens with zero attached hydrogens (tertiary/aromatic N) is 2. The minimum Gasteiger partial charge on any atom is -0.365 e. The molecule has 0 spiro atoms. The number of anilines is 2. The van der Waals surface area contributed by atoms with Crippen LogP contribution in [0.3, 0.4) is 0 Å². The number of likely N-dealkylation sites (N-methyl/N-ethyl adjacent to an activating group) is 1. The summed E-state index contributed by atoms with van der Waals surface area (Å²) in [6.07, 6.45) is 1.42. The predicted molar refractivity (Wildman–Crippen MR) is 66.3 cm³/mol. The van der Waals surface area contributed by atoms with Crippen LogP contribution in [-0.2, 0) is 4.79 Å². The Hall–Kier alpha value is -1.82. The topological polar surface area (TPSA) is 83.3 Å². The van der Waals surface area contributed by atoms with Crippen LogP contribution in [0.15, 0.2) is 18.2 Å². The average Bonchev–Trinajstić information content (AvgIpc) is 2.34. The number of pyridine rings is 1. The molecule has 6 nitrogen and oxygen atoms in total. The van der Waals surface area contributed by atoms with Crippen LogP contribution in [0.1, 0.15) is 12.8 Å². The summed E-state index contributed by atoms with van der Waals surface area (Å²) in [5.41, 5.74) is 2.50. The molecule has 92 valence electrons. The van der Waals surface area contributed by atoms with E-state index in [9.17, 15) is 4.79 Å². The summed E-state index contributed by atoms with van der Waals surface area (Å²) in [6.45, 7) is 0.709. The molecule has 0 radical (unpaired) electrons. The number of carbonyl (C=O) groups excluding carboxylic acids is 1. The molecule has 6 heteroatoms. The van der Waals surface area contributed by atoms with E-state index in [0.29, 0.717) is 18.8 Å². The Morgan fingerprint density at radius 2 is 2.24 bits per heavy atom. The lowest BCUT2D eigenvalue weighted by Crippen LogP contribution is -2.43. The normalized spacial score (nSPS) is 20.2. The second kappa shape index (κ2) is 5.01. The van der Waals surface area contributed by atoms with Gasteiger partial charge in [0.2, 0.25) is 5.91 Å². The maximum atomic E-state index is 11.3. The summed E-state index contributed by atoms with van der Waals surface area (Å²) in [5.74, 6) is 6.89. The zero-order valence-corrected chi connectivity index (χ0v) is 9.81. The highest BCUT2D eigenvalue weighted by Crippen LogP contribution is 2.15. The first-order valence-electron chi connectivity index (χ1n) is 5.63. The Morgan fingerprint density at radius 3 is 2.94 bits per heavy atom. The largest absolute Gasteiger partial charge is 0.365 e. The smallest absolute Gasteiger partial charge is 0.222 e. The van der Waals surface area contributed by atoms with E-state index in [-0.39, 0.29) is 11.9 Å². The monoisotopic (exact) mass is 235 g/mol. The van der Waals surface area contributed by atoms with Crippen LogP contribution < -0.4 is 16.6 Å². The predicted octanol–water partition coefficient (Wildman–Crippen LogP) is 0.400. The van der Waals surface area contributed by atoms with Crippen molar-refractivity contribution in [3.8, 4) is 0 Å². The number of hydrogen-bond acceptors (Lipinski definition) is 5. The third-order valence-corrected chi connectivity index (χ3v) is 2.88. The summed E-state index contributed by atoms with van der Waals surface area (Å²) in [5, 5.41) is 3.31. The molecule has 17 heavy (non-hydrogen) atoms. The van der Waals surface area contributed by atoms with E-state index in [4.69, 9.17) is 5.84 Å². The van der Waals surface area contributed by atoms with Crippen LogP contribution in [-0.4, -0.2) is 35.4 Å². The number of nitrogens with one attached hydrogen (secondary N) is 2. The van der Waals surface area contributed by atoms with Gasteiger partial charge in [0.25, 0.3) is 0 Å². The third-order valence-electron chi connectivity index (χ3n) is 2.88. The van der Waals surface area contributed by atoms with Gasteiger partial charge in [-0.25, -0.2) is 10.8 Å². The third kappa shape index (κ3) is 2.85. The lowest BCUT2D eigenvalue weighted by atomic mass is 10.1. The van der Waals surface area contributed by atoms with Gasteiger partial charge in [-0.3, -0.25) is 4.79 Å². The molecule has 1 amide bonds. The molecule has 1 atom stereocenters. The molecule has 0 aromatic carbocycles. The second-order valence-corrected chi connectivity index (χ2v) is 4.21. The molecular weight excluding hydrogens is 218 g/mol. The molecule has 1 fully saturated rings. The van der Waals surface area contributed by atoms with E-state index in [2.05, 4.69) is 15.7 Å². The van der Waals surface area contributed by atoms with Crippen LogP contribution in [0, 0.1) is 0 Å². The molecular formula is C11H17N5O. The van der Waals surface area contributed by atoms with Gasteiger partial charge < -0.3 is 15.6 Å². The van der Waals surface area contributed by atoms with Gasteiger partial charge in [-0.1, -0.05) is 6.07 Å². The lowest BCUT2D eigenvalue weighted by Gasteiger charge is -2.30. The van der Waals surface area contributed by atoms with Crippen LogP contribution in [0.4, 0.5) is 11.6 Å². The number of likely N-dealkylation sites (tertiary alicyclic amines) is 1. The zero-order chi connectivity index (χ0) is 12.3. The highest BCUT2D eigenvalue weighted by Gasteiger charge is 2.22. The van der Waals surface area contributed by atoms with Gasteiger partial charge in [-0.05, 0) is 18.6 Å². The van der Waals surface area contributed by atoms with Crippen molar-refractivity contribution in [3.05, 3.63) is 18.2 Å². The molecule has 1 aliphatic rings. The number of nitrogen functional groups attached to an aromatic ring is 1. The average molecular weight is 235 g/mol. The van der Waals surface area contributed by atoms with Gasteiger partial charge in [0.05, 0.1) is 0 Å². The highest BCUT2D eigenvalue weighted by atomic mass is 16.2. The highest BCUT2D eigenvalue weighted by molar-refractivity contribution is 5.77. The van der Waals surface area contributed by atoms with Crippen molar-refractivity contribution in [2.45, 2.75) is 18.9 Å². The van der Waals surface area contributed by atoms with Gasteiger partial charge in [-0.15, -0.1) is 0 Å².